The normalized spacial score (nSPS) is 24.2. The van der Waals surface area contributed by atoms with E-state index in [0.717, 1.165) is 56.1 Å². The molecule has 1 N–H and O–H groups in total. The monoisotopic (exact) mass is 446 g/mol. The summed E-state index contributed by atoms with van der Waals surface area (Å²) in [5, 5.41) is 2.35. The lowest BCUT2D eigenvalue weighted by Gasteiger charge is -2.47. The molecule has 8 nitrogen and oxygen atoms in total. The van der Waals surface area contributed by atoms with E-state index in [1.807, 2.05) is 24.4 Å². The molecule has 6 rings (SSSR count). The zero-order chi connectivity index (χ0) is 22.6. The van der Waals surface area contributed by atoms with Gasteiger partial charge in [-0.25, -0.2) is 0 Å². The number of pyridine rings is 1. The van der Waals surface area contributed by atoms with Crippen LogP contribution in [-0.2, 0) is 27.4 Å². The number of piperidine rings is 1. The topological polar surface area (TPSA) is 91.8 Å². The molecule has 1 aromatic heterocycles. The number of hydrogen-bond donors (Lipinski definition) is 1. The van der Waals surface area contributed by atoms with Gasteiger partial charge < -0.3 is 9.64 Å². The number of ether oxygens (including phenoxy) is 1. The maximum atomic E-state index is 12.9. The maximum Gasteiger partial charge on any atom is 0.255 e. The first kappa shape index (κ1) is 20.5. The van der Waals surface area contributed by atoms with Gasteiger partial charge >= 0.3 is 0 Å². The van der Waals surface area contributed by atoms with Gasteiger partial charge in [-0.15, -0.1) is 0 Å². The largest absolute Gasteiger partial charge is 0.381 e. The number of fused-ring (bicyclic) bond motifs is 1. The molecule has 5 heterocycles. The lowest BCUT2D eigenvalue weighted by Crippen LogP contribution is -2.56. The number of nitrogens with one attached hydrogen (secondary N) is 1. The molecule has 1 aromatic carbocycles. The number of rotatable bonds is 4. The van der Waals surface area contributed by atoms with Gasteiger partial charge in [-0.1, -0.05) is 6.07 Å². The van der Waals surface area contributed by atoms with Crippen LogP contribution in [0.4, 0.5) is 0 Å². The highest BCUT2D eigenvalue weighted by Crippen LogP contribution is 2.39. The summed E-state index contributed by atoms with van der Waals surface area (Å²) in [6.45, 7) is 5.20. The Kier molecular flexibility index (Phi) is 4.81. The van der Waals surface area contributed by atoms with Crippen molar-refractivity contribution in [3.05, 3.63) is 53.2 Å². The van der Waals surface area contributed by atoms with Crippen LogP contribution >= 0.6 is 0 Å². The lowest BCUT2D eigenvalue weighted by molar-refractivity contribution is -0.136. The Labute approximate surface area is 191 Å². The van der Waals surface area contributed by atoms with Gasteiger partial charge in [0.25, 0.3) is 5.91 Å². The summed E-state index contributed by atoms with van der Waals surface area (Å²) in [7, 11) is 0. The predicted octanol–water partition coefficient (Wildman–Crippen LogP) is 1.73. The van der Waals surface area contributed by atoms with Crippen molar-refractivity contribution in [3.8, 4) is 11.3 Å². The minimum absolute atomic E-state index is 0.157. The molecule has 0 aliphatic carbocycles. The maximum absolute atomic E-state index is 12.9. The third-order valence-electron chi connectivity index (χ3n) is 7.35. The Morgan fingerprint density at radius 2 is 2.03 bits per heavy atom. The molecule has 4 aliphatic rings. The predicted molar refractivity (Wildman–Crippen MR) is 119 cm³/mol. The van der Waals surface area contributed by atoms with Crippen LogP contribution in [0.25, 0.3) is 11.3 Å². The van der Waals surface area contributed by atoms with Crippen molar-refractivity contribution in [1.29, 1.82) is 0 Å². The van der Waals surface area contributed by atoms with Gasteiger partial charge in [0.2, 0.25) is 11.8 Å². The molecule has 8 heteroatoms. The first-order chi connectivity index (χ1) is 16.0. The molecule has 3 saturated heterocycles. The van der Waals surface area contributed by atoms with Crippen molar-refractivity contribution in [3.63, 3.8) is 0 Å². The Morgan fingerprint density at radius 3 is 2.82 bits per heavy atom. The summed E-state index contributed by atoms with van der Waals surface area (Å²) in [6.07, 6.45) is 3.62. The standard InChI is InChI=1S/C25H26N4O4/c30-22-4-3-21(23(31)27-22)29-12-18-10-17(1-2-19(18)24(29)32)20-9-16(5-7-26-20)11-28-13-25(14-28)6-8-33-15-25/h1-2,5,7,9-10,21H,3-4,6,8,11-15H2,(H,27,30,31). The molecular weight excluding hydrogens is 420 g/mol. The van der Waals surface area contributed by atoms with Crippen LogP contribution in [0.5, 0.6) is 0 Å². The van der Waals surface area contributed by atoms with Gasteiger partial charge in [0.05, 0.1) is 12.3 Å². The highest BCUT2D eigenvalue weighted by molar-refractivity contribution is 6.05. The number of aromatic nitrogens is 1. The quantitative estimate of drug-likeness (QED) is 0.720. The Morgan fingerprint density at radius 1 is 1.15 bits per heavy atom. The van der Waals surface area contributed by atoms with Crippen LogP contribution in [0.15, 0.2) is 36.5 Å². The third-order valence-corrected chi connectivity index (χ3v) is 7.35. The van der Waals surface area contributed by atoms with Crippen LogP contribution in [0.3, 0.4) is 0 Å². The highest BCUT2D eigenvalue weighted by atomic mass is 16.5. The average Bonchev–Trinajstić information content (AvgIpc) is 3.39. The third kappa shape index (κ3) is 3.63. The van der Waals surface area contributed by atoms with Gasteiger partial charge in [0, 0.05) is 61.9 Å². The van der Waals surface area contributed by atoms with E-state index < -0.39 is 6.04 Å². The summed E-state index contributed by atoms with van der Waals surface area (Å²) in [4.78, 5) is 45.3. The average molecular weight is 447 g/mol. The zero-order valence-electron chi connectivity index (χ0n) is 18.4. The summed E-state index contributed by atoms with van der Waals surface area (Å²) < 4.78 is 5.58. The number of hydrogen-bond acceptors (Lipinski definition) is 6. The van der Waals surface area contributed by atoms with Crippen molar-refractivity contribution >= 4 is 17.7 Å². The number of nitrogens with zero attached hydrogens (tertiary/aromatic N) is 3. The second-order valence-electron chi connectivity index (χ2n) is 9.77. The van der Waals surface area contributed by atoms with Crippen LogP contribution < -0.4 is 5.32 Å². The molecule has 3 amide bonds. The first-order valence-corrected chi connectivity index (χ1v) is 11.5. The second kappa shape index (κ2) is 7.74. The number of carbonyl (C=O) groups excluding carboxylic acids is 3. The molecule has 3 fully saturated rings. The summed E-state index contributed by atoms with van der Waals surface area (Å²) in [6, 6.07) is 9.32. The van der Waals surface area contributed by atoms with E-state index in [-0.39, 0.29) is 24.1 Å². The Balaban J connectivity index is 1.17. The van der Waals surface area contributed by atoms with Crippen LogP contribution in [-0.4, -0.2) is 64.9 Å². The summed E-state index contributed by atoms with van der Waals surface area (Å²) in [5.41, 5.74) is 4.93. The first-order valence-electron chi connectivity index (χ1n) is 11.5. The minimum Gasteiger partial charge on any atom is -0.381 e. The van der Waals surface area contributed by atoms with E-state index in [0.29, 0.717) is 23.9 Å². The fourth-order valence-corrected chi connectivity index (χ4v) is 5.64. The highest BCUT2D eigenvalue weighted by Gasteiger charge is 2.45. The van der Waals surface area contributed by atoms with Crippen molar-refractivity contribution < 1.29 is 19.1 Å². The molecule has 2 aromatic rings. The smallest absolute Gasteiger partial charge is 0.255 e. The number of carbonyl (C=O) groups is 3. The Bertz CT molecular complexity index is 1150. The van der Waals surface area contributed by atoms with Crippen molar-refractivity contribution in [2.75, 3.05) is 26.3 Å². The van der Waals surface area contributed by atoms with E-state index in [9.17, 15) is 14.4 Å². The molecule has 170 valence electrons. The van der Waals surface area contributed by atoms with Crippen molar-refractivity contribution in [1.82, 2.24) is 20.1 Å². The van der Waals surface area contributed by atoms with E-state index in [4.69, 9.17) is 4.74 Å². The molecule has 1 unspecified atom stereocenters. The molecule has 1 atom stereocenters. The van der Waals surface area contributed by atoms with Gasteiger partial charge in [0.1, 0.15) is 6.04 Å². The van der Waals surface area contributed by atoms with E-state index >= 15 is 0 Å². The fourth-order valence-electron chi connectivity index (χ4n) is 5.64. The minimum atomic E-state index is -0.599. The second-order valence-corrected chi connectivity index (χ2v) is 9.77. The van der Waals surface area contributed by atoms with Crippen molar-refractivity contribution in [2.24, 2.45) is 5.41 Å². The van der Waals surface area contributed by atoms with Crippen molar-refractivity contribution in [2.45, 2.75) is 38.4 Å². The Hall–Kier alpha value is -3.10. The molecule has 0 bridgehead atoms. The fraction of sp³-hybridized carbons (Fsp3) is 0.440. The number of likely N-dealkylation sites (tertiary alicyclic amines) is 1. The van der Waals surface area contributed by atoms with Crippen LogP contribution in [0.2, 0.25) is 0 Å². The van der Waals surface area contributed by atoms with Crippen LogP contribution in [0, 0.1) is 5.41 Å². The summed E-state index contributed by atoms with van der Waals surface area (Å²) >= 11 is 0. The lowest BCUT2D eigenvalue weighted by atomic mass is 9.79. The van der Waals surface area contributed by atoms with E-state index in [1.165, 1.54) is 5.56 Å². The number of benzene rings is 1. The van der Waals surface area contributed by atoms with Crippen LogP contribution in [0.1, 0.15) is 40.7 Å². The van der Waals surface area contributed by atoms with Gasteiger partial charge in [-0.2, -0.15) is 0 Å². The molecule has 0 saturated carbocycles. The molecule has 33 heavy (non-hydrogen) atoms. The molecule has 4 aliphatic heterocycles. The summed E-state index contributed by atoms with van der Waals surface area (Å²) in [5.74, 6) is -0.826. The van der Waals surface area contributed by atoms with E-state index in [2.05, 4.69) is 27.3 Å². The SMILES string of the molecule is O=C1CCC(N2Cc3cc(-c4cc(CN5CC6(CCOC6)C5)ccn4)ccc3C2=O)C(=O)N1. The molecule has 1 spiro atoms. The number of amides is 3. The van der Waals surface area contributed by atoms with Gasteiger partial charge in [0.15, 0.2) is 0 Å². The zero-order valence-corrected chi connectivity index (χ0v) is 18.4. The number of imide groups is 1. The molecular formula is C25H26N4O4. The van der Waals surface area contributed by atoms with E-state index in [1.54, 1.807) is 4.90 Å². The molecule has 0 radical (unpaired) electrons. The van der Waals surface area contributed by atoms with Gasteiger partial charge in [-0.05, 0) is 48.2 Å². The van der Waals surface area contributed by atoms with Gasteiger partial charge in [-0.3, -0.25) is 29.6 Å².